The van der Waals surface area contributed by atoms with Gasteiger partial charge in [-0.25, -0.2) is 0 Å². The van der Waals surface area contributed by atoms with Gasteiger partial charge in [0.15, 0.2) is 0 Å². The highest BCUT2D eigenvalue weighted by molar-refractivity contribution is 6.26. The number of aliphatic hydroxyl groups is 1. The van der Waals surface area contributed by atoms with E-state index in [1.165, 1.54) is 82.1 Å². The molecule has 310 valence electrons. The van der Waals surface area contributed by atoms with Crippen LogP contribution < -0.4 is 0 Å². The minimum Gasteiger partial charge on any atom is -0.395 e. The molecule has 2 unspecified atom stereocenters. The molecule has 62 heavy (non-hydrogen) atoms. The van der Waals surface area contributed by atoms with E-state index in [9.17, 15) is 5.11 Å². The molecule has 0 aliphatic heterocycles. The van der Waals surface area contributed by atoms with Crippen LogP contribution in [0.3, 0.4) is 0 Å². The molecule has 1 heterocycles. The molecule has 0 saturated heterocycles. The number of allylic oxidation sites excluding steroid dienone is 8. The maximum atomic E-state index is 10.5. The summed E-state index contributed by atoms with van der Waals surface area (Å²) in [6.45, 7) is 14.4. The minimum atomic E-state index is -0.0790. The number of fused-ring (bicyclic) bond motifs is 3. The Hall–Kier alpha value is -6.74. The Labute approximate surface area is 368 Å². The van der Waals surface area contributed by atoms with Crippen LogP contribution >= 0.6 is 0 Å². The van der Waals surface area contributed by atoms with Gasteiger partial charge < -0.3 is 9.67 Å². The lowest BCUT2D eigenvalue weighted by Crippen LogP contribution is -2.03. The van der Waals surface area contributed by atoms with E-state index in [1.807, 2.05) is 51.2 Å². The molecule has 0 amide bonds. The molecular weight excluding hydrogens is 751 g/mol. The van der Waals surface area contributed by atoms with Crippen molar-refractivity contribution in [2.45, 2.75) is 53.4 Å². The molecule has 0 fully saturated rings. The van der Waals surface area contributed by atoms with E-state index < -0.39 is 0 Å². The zero-order valence-corrected chi connectivity index (χ0v) is 36.9. The van der Waals surface area contributed by atoms with E-state index in [0.29, 0.717) is 5.92 Å². The van der Waals surface area contributed by atoms with Crippen molar-refractivity contribution in [3.05, 3.63) is 212 Å². The van der Waals surface area contributed by atoms with Gasteiger partial charge in [-0.3, -0.25) is 0 Å². The van der Waals surface area contributed by atoms with Crippen molar-refractivity contribution in [2.75, 3.05) is 6.61 Å². The van der Waals surface area contributed by atoms with Gasteiger partial charge in [0.25, 0.3) is 0 Å². The first kappa shape index (κ1) is 43.4. The monoisotopic (exact) mass is 809 g/mol. The first-order valence-electron chi connectivity index (χ1n) is 22.2. The van der Waals surface area contributed by atoms with E-state index in [1.54, 1.807) is 0 Å². The molecule has 9 aromatic rings. The highest BCUT2D eigenvalue weighted by atomic mass is 16.3. The molecule has 0 bridgehead atoms. The number of benzene rings is 8. The number of nitrogens with zero attached hydrogens (tertiary/aromatic N) is 1. The van der Waals surface area contributed by atoms with Crippen molar-refractivity contribution in [3.8, 4) is 27.9 Å². The number of hydrogen-bond acceptors (Lipinski definition) is 1. The second-order valence-electron chi connectivity index (χ2n) is 15.7. The minimum absolute atomic E-state index is 0.0632. The number of para-hydroxylation sites is 2. The Morgan fingerprint density at radius 3 is 1.87 bits per heavy atom. The smallest absolute Gasteiger partial charge is 0.0541 e. The summed E-state index contributed by atoms with van der Waals surface area (Å²) in [5.41, 5.74) is 9.59. The third-order valence-electron chi connectivity index (χ3n) is 11.9. The molecule has 1 N–H and O–H groups in total. The molecule has 2 atom stereocenters. The maximum Gasteiger partial charge on any atom is 0.0541 e. The lowest BCUT2D eigenvalue weighted by molar-refractivity contribution is 0.284. The summed E-state index contributed by atoms with van der Waals surface area (Å²) < 4.78 is 2.36. The molecule has 0 radical (unpaired) electrons. The summed E-state index contributed by atoms with van der Waals surface area (Å²) in [5.74, 6) is 0.224. The Bertz CT molecular complexity index is 3010. The zero-order chi connectivity index (χ0) is 43.4. The van der Waals surface area contributed by atoms with E-state index in [-0.39, 0.29) is 12.5 Å². The van der Waals surface area contributed by atoms with Crippen LogP contribution in [0.1, 0.15) is 58.9 Å². The fraction of sp³-hybridized carbons (Fsp3) is 0.167. The highest BCUT2D eigenvalue weighted by Gasteiger charge is 2.18. The van der Waals surface area contributed by atoms with Crippen LogP contribution in [0.5, 0.6) is 0 Å². The largest absolute Gasteiger partial charge is 0.395 e. The lowest BCUT2D eigenvalue weighted by Gasteiger charge is -2.19. The van der Waals surface area contributed by atoms with Crippen molar-refractivity contribution in [1.29, 1.82) is 0 Å². The SMILES string of the molecule is C/C=C\C.C/C=C\C=C/CC.C=CC(/C=C\C(CO)c1ccc2ccc3c(-c4ccc(-c5ccc6c(c5)c5ccccc5n6-c5ccccc5)cc4)ccc4ccc1c2c43)CC. The van der Waals surface area contributed by atoms with Crippen molar-refractivity contribution in [2.24, 2.45) is 5.92 Å². The van der Waals surface area contributed by atoms with Gasteiger partial charge in [-0.2, -0.15) is 0 Å². The average molecular weight is 810 g/mol. The van der Waals surface area contributed by atoms with Gasteiger partial charge in [-0.1, -0.05) is 184 Å². The van der Waals surface area contributed by atoms with Crippen molar-refractivity contribution < 1.29 is 5.11 Å². The predicted octanol–water partition coefficient (Wildman–Crippen LogP) is 17.0. The number of rotatable bonds is 11. The summed E-state index contributed by atoms with van der Waals surface area (Å²) in [5, 5.41) is 20.5. The first-order chi connectivity index (χ1) is 30.5. The third-order valence-corrected chi connectivity index (χ3v) is 11.9. The van der Waals surface area contributed by atoms with Crippen LogP contribution in [-0.4, -0.2) is 16.3 Å². The number of aromatic nitrogens is 1. The molecule has 2 nitrogen and oxygen atoms in total. The van der Waals surface area contributed by atoms with Gasteiger partial charge in [0, 0.05) is 22.4 Å². The maximum absolute atomic E-state index is 10.5. The van der Waals surface area contributed by atoms with Crippen molar-refractivity contribution in [3.63, 3.8) is 0 Å². The molecular formula is C60H59NO. The van der Waals surface area contributed by atoms with Gasteiger partial charge in [0.05, 0.1) is 17.6 Å². The normalized spacial score (nSPS) is 12.9. The molecule has 0 spiro atoms. The predicted molar refractivity (Wildman–Crippen MR) is 273 cm³/mol. The number of aliphatic hydroxyl groups excluding tert-OH is 1. The quantitative estimate of drug-likeness (QED) is 0.0786. The van der Waals surface area contributed by atoms with Gasteiger partial charge in [0.2, 0.25) is 0 Å². The molecule has 8 aromatic carbocycles. The fourth-order valence-corrected chi connectivity index (χ4v) is 8.50. The fourth-order valence-electron chi connectivity index (χ4n) is 8.50. The zero-order valence-electron chi connectivity index (χ0n) is 36.9. The summed E-state index contributed by atoms with van der Waals surface area (Å²) in [4.78, 5) is 0. The second kappa shape index (κ2) is 20.7. The van der Waals surface area contributed by atoms with E-state index in [2.05, 4.69) is 195 Å². The third kappa shape index (κ3) is 8.98. The van der Waals surface area contributed by atoms with Crippen LogP contribution in [0.25, 0.3) is 82.1 Å². The van der Waals surface area contributed by atoms with Crippen LogP contribution in [0, 0.1) is 5.92 Å². The van der Waals surface area contributed by atoms with Crippen LogP contribution in [0.4, 0.5) is 0 Å². The summed E-state index contributed by atoms with van der Waals surface area (Å²) in [6, 6.07) is 53.1. The summed E-state index contributed by atoms with van der Waals surface area (Å²) in [6.07, 6.45) is 20.7. The van der Waals surface area contributed by atoms with Gasteiger partial charge in [-0.05, 0) is 130 Å². The molecule has 0 saturated carbocycles. The Morgan fingerprint density at radius 1 is 0.565 bits per heavy atom. The topological polar surface area (TPSA) is 25.2 Å². The van der Waals surface area contributed by atoms with Crippen LogP contribution in [0.15, 0.2) is 207 Å². The number of hydrogen-bond donors (Lipinski definition) is 1. The molecule has 0 aliphatic carbocycles. The Morgan fingerprint density at radius 2 is 1.19 bits per heavy atom. The van der Waals surface area contributed by atoms with E-state index in [0.717, 1.165) is 18.4 Å². The van der Waals surface area contributed by atoms with Crippen LogP contribution in [-0.2, 0) is 0 Å². The van der Waals surface area contributed by atoms with Gasteiger partial charge >= 0.3 is 0 Å². The standard InChI is InChI=1S/C49H39NO.C7H12.C4H8/c1-3-32(4-2)14-15-38(31-51)41-26-21-36-22-27-43-40(25-20-35-23-28-44(41)49(36)48(35)43)34-18-16-33(17-19-34)37-24-29-47-45(30-37)42-12-8-9-13-46(42)50(47)39-10-6-5-7-11-39;1-3-5-7-6-4-2;1-3-4-2/h3,5-30,32,38,51H,1,4,31H2,2H3;3,5-7H,4H2,1-2H3;3-4H,1-2H3/b15-14-;5-3-,7-6-;4-3-. The average Bonchev–Trinajstić information content (AvgIpc) is 3.67. The second-order valence-corrected chi connectivity index (χ2v) is 15.7. The lowest BCUT2D eigenvalue weighted by atomic mass is 9.85. The molecule has 2 heteroatoms. The van der Waals surface area contributed by atoms with E-state index >= 15 is 0 Å². The molecule has 9 rings (SSSR count). The first-order valence-corrected chi connectivity index (χ1v) is 22.2. The summed E-state index contributed by atoms with van der Waals surface area (Å²) in [7, 11) is 0. The summed E-state index contributed by atoms with van der Waals surface area (Å²) >= 11 is 0. The van der Waals surface area contributed by atoms with E-state index in [4.69, 9.17) is 0 Å². The van der Waals surface area contributed by atoms with Crippen LogP contribution in [0.2, 0.25) is 0 Å². The van der Waals surface area contributed by atoms with Gasteiger partial charge in [-0.15, -0.1) is 6.58 Å². The van der Waals surface area contributed by atoms with Crippen molar-refractivity contribution >= 4 is 54.1 Å². The highest BCUT2D eigenvalue weighted by Crippen LogP contribution is 2.42. The van der Waals surface area contributed by atoms with Gasteiger partial charge in [0.1, 0.15) is 0 Å². The van der Waals surface area contributed by atoms with Crippen molar-refractivity contribution in [1.82, 2.24) is 4.57 Å². The molecule has 0 aliphatic rings. The molecule has 1 aromatic heterocycles. The Balaban J connectivity index is 0.000000470. The Kier molecular flexibility index (Phi) is 14.5.